The topological polar surface area (TPSA) is 59.5 Å². The van der Waals surface area contributed by atoms with Gasteiger partial charge in [0.25, 0.3) is 5.91 Å². The lowest BCUT2D eigenvalue weighted by Crippen LogP contribution is -2.31. The molecule has 0 radical (unpaired) electrons. The van der Waals surface area contributed by atoms with E-state index in [-0.39, 0.29) is 12.5 Å². The molecule has 2 rings (SSSR count). The van der Waals surface area contributed by atoms with E-state index in [9.17, 15) is 9.59 Å². The Bertz CT molecular complexity index is 718. The first-order chi connectivity index (χ1) is 11.0. The Kier molecular flexibility index (Phi) is 5.87. The van der Waals surface area contributed by atoms with E-state index in [1.807, 2.05) is 31.2 Å². The fourth-order valence-electron chi connectivity index (χ4n) is 1.98. The summed E-state index contributed by atoms with van der Waals surface area (Å²) in [4.78, 5) is 29.4. The van der Waals surface area contributed by atoms with Crippen LogP contribution in [0.4, 0.5) is 0 Å². The fraction of sp³-hybridized carbons (Fsp3) is 0.235. The fourth-order valence-corrected chi connectivity index (χ4v) is 2.34. The van der Waals surface area contributed by atoms with E-state index in [1.165, 1.54) is 11.1 Å². The van der Waals surface area contributed by atoms with Crippen LogP contribution in [0.25, 0.3) is 0 Å². The molecule has 0 aliphatic carbocycles. The van der Waals surface area contributed by atoms with Crippen molar-refractivity contribution in [1.82, 2.24) is 9.88 Å². The van der Waals surface area contributed by atoms with Crippen molar-refractivity contribution >= 4 is 27.8 Å². The Morgan fingerprint density at radius 3 is 2.70 bits per heavy atom. The Morgan fingerprint density at radius 1 is 1.26 bits per heavy atom. The number of nitrogens with zero attached hydrogens (tertiary/aromatic N) is 2. The molecule has 0 atom stereocenters. The van der Waals surface area contributed by atoms with Crippen molar-refractivity contribution in [3.8, 4) is 0 Å². The maximum Gasteiger partial charge on any atom is 0.340 e. The number of carbonyl (C=O) groups is 2. The van der Waals surface area contributed by atoms with Gasteiger partial charge in [0.1, 0.15) is 0 Å². The lowest BCUT2D eigenvalue weighted by atomic mass is 10.1. The molecule has 120 valence electrons. The molecule has 0 aliphatic heterocycles. The molecule has 1 aromatic heterocycles. The summed E-state index contributed by atoms with van der Waals surface area (Å²) in [5, 5.41) is 0. The summed E-state index contributed by atoms with van der Waals surface area (Å²) in [5.41, 5.74) is 2.48. The van der Waals surface area contributed by atoms with Crippen LogP contribution in [0.3, 0.4) is 0 Å². The first-order valence-electron chi connectivity index (χ1n) is 7.03. The van der Waals surface area contributed by atoms with Crippen LogP contribution in [0, 0.1) is 6.92 Å². The average molecular weight is 377 g/mol. The van der Waals surface area contributed by atoms with Gasteiger partial charge in [-0.1, -0.05) is 24.3 Å². The minimum Gasteiger partial charge on any atom is -0.452 e. The van der Waals surface area contributed by atoms with Gasteiger partial charge in [-0.3, -0.25) is 9.78 Å². The molecule has 23 heavy (non-hydrogen) atoms. The van der Waals surface area contributed by atoms with Crippen molar-refractivity contribution in [2.45, 2.75) is 13.5 Å². The molecule has 5 nitrogen and oxygen atoms in total. The summed E-state index contributed by atoms with van der Waals surface area (Å²) in [5.74, 6) is -0.832. The number of rotatable bonds is 5. The van der Waals surface area contributed by atoms with Crippen molar-refractivity contribution in [2.24, 2.45) is 0 Å². The highest BCUT2D eigenvalue weighted by molar-refractivity contribution is 9.10. The normalized spacial score (nSPS) is 10.2. The molecule has 0 spiro atoms. The predicted octanol–water partition coefficient (Wildman–Crippen LogP) is 2.97. The maximum atomic E-state index is 12.1. The maximum absolute atomic E-state index is 12.1. The number of pyridine rings is 1. The Morgan fingerprint density at radius 2 is 2.00 bits per heavy atom. The molecule has 0 saturated carbocycles. The number of esters is 1. The van der Waals surface area contributed by atoms with Gasteiger partial charge in [-0.25, -0.2) is 4.79 Å². The number of hydrogen-bond donors (Lipinski definition) is 0. The third-order valence-electron chi connectivity index (χ3n) is 3.36. The van der Waals surface area contributed by atoms with Gasteiger partial charge >= 0.3 is 5.97 Å². The molecule has 1 aromatic carbocycles. The number of hydrogen-bond acceptors (Lipinski definition) is 4. The van der Waals surface area contributed by atoms with Crippen LogP contribution in [0.5, 0.6) is 0 Å². The number of halogens is 1. The largest absolute Gasteiger partial charge is 0.452 e. The molecule has 0 fully saturated rings. The summed E-state index contributed by atoms with van der Waals surface area (Å²) in [6.45, 7) is 2.17. The van der Waals surface area contributed by atoms with Gasteiger partial charge in [0.15, 0.2) is 6.61 Å². The van der Waals surface area contributed by atoms with Crippen LogP contribution in [-0.2, 0) is 16.1 Å². The minimum absolute atomic E-state index is 0.260. The van der Waals surface area contributed by atoms with Crippen molar-refractivity contribution in [1.29, 1.82) is 0 Å². The zero-order chi connectivity index (χ0) is 16.8. The van der Waals surface area contributed by atoms with Gasteiger partial charge in [-0.15, -0.1) is 0 Å². The zero-order valence-electron chi connectivity index (χ0n) is 13.0. The average Bonchev–Trinajstić information content (AvgIpc) is 2.54. The second-order valence-corrected chi connectivity index (χ2v) is 6.06. The van der Waals surface area contributed by atoms with Crippen LogP contribution in [0.15, 0.2) is 47.2 Å². The molecule has 0 bridgehead atoms. The van der Waals surface area contributed by atoms with E-state index in [1.54, 1.807) is 19.3 Å². The molecule has 2 aromatic rings. The number of benzene rings is 1. The number of amides is 1. The first-order valence-corrected chi connectivity index (χ1v) is 7.83. The number of aromatic nitrogens is 1. The van der Waals surface area contributed by atoms with Gasteiger partial charge in [0.2, 0.25) is 0 Å². The van der Waals surface area contributed by atoms with Gasteiger partial charge in [-0.05, 0) is 40.0 Å². The Labute approximate surface area is 143 Å². The number of aryl methyl sites for hydroxylation is 1. The van der Waals surface area contributed by atoms with Crippen LogP contribution in [0.1, 0.15) is 21.5 Å². The molecular formula is C17H17BrN2O3. The number of likely N-dealkylation sites (N-methyl/N-ethyl adjacent to an activating group) is 1. The Balaban J connectivity index is 1.89. The van der Waals surface area contributed by atoms with Crippen molar-refractivity contribution in [3.63, 3.8) is 0 Å². The molecule has 0 N–H and O–H groups in total. The molecule has 1 amide bonds. The molecular weight excluding hydrogens is 360 g/mol. The van der Waals surface area contributed by atoms with Crippen LogP contribution >= 0.6 is 15.9 Å². The van der Waals surface area contributed by atoms with Gasteiger partial charge in [0.05, 0.1) is 5.56 Å². The molecule has 0 saturated heterocycles. The van der Waals surface area contributed by atoms with Gasteiger partial charge < -0.3 is 9.64 Å². The highest BCUT2D eigenvalue weighted by Crippen LogP contribution is 2.11. The lowest BCUT2D eigenvalue weighted by Gasteiger charge is -2.18. The van der Waals surface area contributed by atoms with Crippen molar-refractivity contribution < 1.29 is 14.3 Å². The van der Waals surface area contributed by atoms with Crippen LogP contribution < -0.4 is 0 Å². The predicted molar refractivity (Wildman–Crippen MR) is 89.9 cm³/mol. The number of ether oxygens (including phenoxy) is 1. The van der Waals surface area contributed by atoms with Crippen molar-refractivity contribution in [3.05, 3.63) is 63.9 Å². The first kappa shape index (κ1) is 17.1. The van der Waals surface area contributed by atoms with E-state index in [4.69, 9.17) is 4.74 Å². The van der Waals surface area contributed by atoms with Gasteiger partial charge in [0, 0.05) is 30.5 Å². The summed E-state index contributed by atoms with van der Waals surface area (Å²) in [7, 11) is 1.68. The molecule has 0 aliphatic rings. The standard InChI is InChI=1S/C17H17BrN2O3/c1-12-5-3-4-6-13(12)10-20(2)16(21)11-23-17(22)14-7-15(18)9-19-8-14/h3-9H,10-11H2,1-2H3. The van der Waals surface area contributed by atoms with Crippen LogP contribution in [-0.4, -0.2) is 35.4 Å². The van der Waals surface area contributed by atoms with E-state index in [2.05, 4.69) is 20.9 Å². The highest BCUT2D eigenvalue weighted by atomic mass is 79.9. The monoisotopic (exact) mass is 376 g/mol. The molecule has 0 unspecified atom stereocenters. The third-order valence-corrected chi connectivity index (χ3v) is 3.80. The van der Waals surface area contributed by atoms with E-state index in [0.717, 1.165) is 11.1 Å². The molecule has 1 heterocycles. The lowest BCUT2D eigenvalue weighted by molar-refractivity contribution is -0.133. The summed E-state index contributed by atoms with van der Waals surface area (Å²) in [6, 6.07) is 9.44. The highest BCUT2D eigenvalue weighted by Gasteiger charge is 2.14. The zero-order valence-corrected chi connectivity index (χ0v) is 14.5. The van der Waals surface area contributed by atoms with Crippen molar-refractivity contribution in [2.75, 3.05) is 13.7 Å². The number of carbonyl (C=O) groups excluding carboxylic acids is 2. The van der Waals surface area contributed by atoms with E-state index < -0.39 is 5.97 Å². The molecule has 6 heteroatoms. The second-order valence-electron chi connectivity index (χ2n) is 5.14. The smallest absolute Gasteiger partial charge is 0.340 e. The SMILES string of the molecule is Cc1ccccc1CN(C)C(=O)COC(=O)c1cncc(Br)c1. The van der Waals surface area contributed by atoms with E-state index >= 15 is 0 Å². The minimum atomic E-state index is -0.573. The van der Waals surface area contributed by atoms with Gasteiger partial charge in [-0.2, -0.15) is 0 Å². The second kappa shape index (κ2) is 7.87. The Hall–Kier alpha value is -2.21. The summed E-state index contributed by atoms with van der Waals surface area (Å²) < 4.78 is 5.72. The third kappa shape index (κ3) is 4.89. The van der Waals surface area contributed by atoms with E-state index in [0.29, 0.717) is 16.6 Å². The quantitative estimate of drug-likeness (QED) is 0.752. The summed E-state index contributed by atoms with van der Waals surface area (Å²) >= 11 is 3.23. The summed E-state index contributed by atoms with van der Waals surface area (Å²) in [6.07, 6.45) is 2.96. The van der Waals surface area contributed by atoms with Crippen LogP contribution in [0.2, 0.25) is 0 Å².